The molecule has 0 saturated carbocycles. The van der Waals surface area contributed by atoms with E-state index in [9.17, 15) is 50.4 Å². The fourth-order valence-corrected chi connectivity index (χ4v) is 6.04. The standard InChI is InChI=1S/2C21H20N3O.2F6P/c2*1-25-20-9-5-8-18-10-11-19(22-21(18)20)15-24-13-12-23(16-24)14-17-6-3-2-4-7-17;2*1-7(2,3,4,5)6/h2*2-13,16H,14-15H2,1H3;;/q2*+1;2*-1. The first kappa shape index (κ1) is 48.8. The van der Waals surface area contributed by atoms with Crippen LogP contribution in [0.15, 0.2) is 159 Å². The second kappa shape index (κ2) is 17.7. The number of fused-ring (bicyclic) bond motifs is 2. The summed E-state index contributed by atoms with van der Waals surface area (Å²) in [6, 6.07) is 41.2. The summed E-state index contributed by atoms with van der Waals surface area (Å²) in [5.74, 6) is 1.62. The van der Waals surface area contributed by atoms with Gasteiger partial charge in [-0.2, -0.15) is 0 Å². The monoisotopic (exact) mass is 950 g/mol. The van der Waals surface area contributed by atoms with Gasteiger partial charge in [-0.25, -0.2) is 28.2 Å². The van der Waals surface area contributed by atoms with E-state index in [1.165, 1.54) is 11.1 Å². The van der Waals surface area contributed by atoms with Crippen LogP contribution in [0.2, 0.25) is 0 Å². The van der Waals surface area contributed by atoms with Crippen molar-refractivity contribution in [1.29, 1.82) is 0 Å². The zero-order valence-electron chi connectivity index (χ0n) is 33.8. The minimum absolute atomic E-state index is 0.732. The third-order valence-electron chi connectivity index (χ3n) is 8.52. The predicted octanol–water partition coefficient (Wildman–Crippen LogP) is 13.6. The number of imidazole rings is 2. The number of hydrogen-bond donors (Lipinski definition) is 0. The van der Waals surface area contributed by atoms with Crippen LogP contribution in [-0.4, -0.2) is 33.3 Å². The van der Waals surface area contributed by atoms with Crippen molar-refractivity contribution in [3.05, 3.63) is 181 Å². The molecule has 0 spiro atoms. The molecule has 0 unspecified atom stereocenters. The van der Waals surface area contributed by atoms with Crippen molar-refractivity contribution in [2.75, 3.05) is 14.2 Å². The molecular weight excluding hydrogens is 910 g/mol. The van der Waals surface area contributed by atoms with E-state index in [4.69, 9.17) is 19.4 Å². The molecule has 0 aliphatic carbocycles. The van der Waals surface area contributed by atoms with Gasteiger partial charge < -0.3 is 9.47 Å². The number of pyridine rings is 2. The van der Waals surface area contributed by atoms with Gasteiger partial charge in [0, 0.05) is 10.8 Å². The maximum atomic E-state index is 9.87. The number of halogens is 12. The molecule has 4 heterocycles. The summed E-state index contributed by atoms with van der Waals surface area (Å²) >= 11 is 0. The number of ether oxygens (including phenoxy) is 2. The summed E-state index contributed by atoms with van der Waals surface area (Å²) < 4.78 is 138. The molecule has 0 radical (unpaired) electrons. The first-order valence-corrected chi connectivity index (χ1v) is 22.7. The molecule has 8 nitrogen and oxygen atoms in total. The summed E-state index contributed by atoms with van der Waals surface area (Å²) in [7, 11) is -18.0. The maximum absolute atomic E-state index is 10.7. The number of hydrogen-bond acceptors (Lipinski definition) is 4. The molecule has 0 saturated heterocycles. The molecule has 8 rings (SSSR count). The molecule has 0 amide bonds. The topological polar surface area (TPSA) is 61.9 Å². The summed E-state index contributed by atoms with van der Waals surface area (Å²) in [4.78, 5) is 9.56. The summed E-state index contributed by atoms with van der Waals surface area (Å²) in [6.45, 7) is 3.20. The molecule has 0 N–H and O–H groups in total. The number of benzene rings is 4. The summed E-state index contributed by atoms with van der Waals surface area (Å²) in [5.41, 5.74) is 6.43. The van der Waals surface area contributed by atoms with Gasteiger partial charge >= 0.3 is 66.0 Å². The first-order valence-electron chi connectivity index (χ1n) is 18.7. The average Bonchev–Trinajstić information content (AvgIpc) is 3.84. The van der Waals surface area contributed by atoms with Crippen LogP contribution in [0, 0.1) is 0 Å². The van der Waals surface area contributed by atoms with E-state index in [0.717, 1.165) is 70.9 Å². The molecule has 4 aromatic carbocycles. The van der Waals surface area contributed by atoms with Crippen molar-refractivity contribution in [3.8, 4) is 11.5 Å². The second-order valence-electron chi connectivity index (χ2n) is 14.1. The average molecular weight is 951 g/mol. The van der Waals surface area contributed by atoms with Crippen LogP contribution in [0.5, 0.6) is 11.5 Å². The van der Waals surface area contributed by atoms with Gasteiger partial charge in [-0.3, -0.25) is 0 Å². The van der Waals surface area contributed by atoms with Gasteiger partial charge in [-0.15, -0.1) is 0 Å². The van der Waals surface area contributed by atoms with Gasteiger partial charge in [-0.05, 0) is 35.4 Å². The Morgan fingerprint density at radius 2 is 0.797 bits per heavy atom. The van der Waals surface area contributed by atoms with E-state index < -0.39 is 15.6 Å². The molecule has 344 valence electrons. The first-order chi connectivity index (χ1) is 29.5. The molecule has 0 fully saturated rings. The Bertz CT molecular complexity index is 2600. The van der Waals surface area contributed by atoms with E-state index in [2.05, 4.69) is 141 Å². The van der Waals surface area contributed by atoms with E-state index in [1.807, 2.05) is 36.4 Å². The van der Waals surface area contributed by atoms with Gasteiger partial charge in [0.1, 0.15) is 73.5 Å². The van der Waals surface area contributed by atoms with Crippen molar-refractivity contribution < 1.29 is 69.0 Å². The third-order valence-corrected chi connectivity index (χ3v) is 8.52. The SMILES string of the molecule is COc1cccc2ccc(Cn3cc[n+](Cc4ccccc4)c3)nc12.COc1cccc2ccc(Cn3cc[n+](Cc4ccccc4)c3)nc12.F[P-](F)(F)(F)(F)F.F[P-](F)(F)(F)(F)F. The zero-order valence-corrected chi connectivity index (χ0v) is 35.6. The molecule has 22 heteroatoms. The molecule has 0 atom stereocenters. The van der Waals surface area contributed by atoms with E-state index in [1.54, 1.807) is 14.2 Å². The normalized spacial score (nSPS) is 13.6. The van der Waals surface area contributed by atoms with E-state index >= 15 is 0 Å². The quantitative estimate of drug-likeness (QED) is 0.0778. The fraction of sp³-hybridized carbons (Fsp3) is 0.143. The number of rotatable bonds is 10. The Labute approximate surface area is 358 Å². The third kappa shape index (κ3) is 19.0. The van der Waals surface area contributed by atoms with Crippen molar-refractivity contribution in [2.24, 2.45) is 0 Å². The Kier molecular flexibility index (Phi) is 13.5. The van der Waals surface area contributed by atoms with Crippen molar-refractivity contribution in [2.45, 2.75) is 26.2 Å². The molecular formula is C42H40F12N6O2P2. The molecule has 8 aromatic rings. The van der Waals surface area contributed by atoms with Gasteiger partial charge in [0.15, 0.2) is 0 Å². The number of para-hydroxylation sites is 2. The van der Waals surface area contributed by atoms with Crippen LogP contribution >= 0.6 is 15.6 Å². The second-order valence-corrected chi connectivity index (χ2v) is 17.9. The van der Waals surface area contributed by atoms with Gasteiger partial charge in [0.25, 0.3) is 0 Å². The van der Waals surface area contributed by atoms with E-state index in [-0.39, 0.29) is 0 Å². The minimum atomic E-state index is -10.7. The molecule has 0 aliphatic heterocycles. The van der Waals surface area contributed by atoms with Crippen LogP contribution < -0.4 is 18.6 Å². The van der Waals surface area contributed by atoms with Crippen LogP contribution in [0.25, 0.3) is 21.8 Å². The van der Waals surface area contributed by atoms with Crippen LogP contribution in [0.1, 0.15) is 22.5 Å². The van der Waals surface area contributed by atoms with Crippen LogP contribution in [0.4, 0.5) is 50.4 Å². The summed E-state index contributed by atoms with van der Waals surface area (Å²) in [6.07, 6.45) is 12.6. The molecule has 64 heavy (non-hydrogen) atoms. The van der Waals surface area contributed by atoms with Crippen molar-refractivity contribution in [3.63, 3.8) is 0 Å². The molecule has 0 bridgehead atoms. The van der Waals surface area contributed by atoms with Gasteiger partial charge in [0.2, 0.25) is 12.7 Å². The number of methoxy groups -OCH3 is 2. The Balaban J connectivity index is 0.000000187. The zero-order chi connectivity index (χ0) is 46.9. The number of aromatic nitrogens is 6. The fourth-order valence-electron chi connectivity index (χ4n) is 6.04. The predicted molar refractivity (Wildman–Crippen MR) is 222 cm³/mol. The van der Waals surface area contributed by atoms with Crippen LogP contribution in [-0.2, 0) is 26.2 Å². The van der Waals surface area contributed by atoms with Crippen molar-refractivity contribution in [1.82, 2.24) is 19.1 Å². The Hall–Kier alpha value is -6.26. The Morgan fingerprint density at radius 1 is 0.453 bits per heavy atom. The van der Waals surface area contributed by atoms with E-state index in [0.29, 0.717) is 0 Å². The van der Waals surface area contributed by atoms with Gasteiger partial charge in [0.05, 0.1) is 25.6 Å². The van der Waals surface area contributed by atoms with Crippen molar-refractivity contribution >= 4 is 37.4 Å². The molecule has 4 aromatic heterocycles. The van der Waals surface area contributed by atoms with Crippen LogP contribution in [0.3, 0.4) is 0 Å². The molecule has 0 aliphatic rings. The summed E-state index contributed by atoms with van der Waals surface area (Å²) in [5, 5.41) is 2.18. The van der Waals surface area contributed by atoms with Gasteiger partial charge in [-0.1, -0.05) is 97.1 Å². The Morgan fingerprint density at radius 3 is 1.12 bits per heavy atom. The number of nitrogens with zero attached hydrogens (tertiary/aromatic N) is 6.